The minimum Gasteiger partial charge on any atom is -0.496 e. The molecule has 0 bridgehead atoms. The van der Waals surface area contributed by atoms with E-state index in [0.29, 0.717) is 42.8 Å². The summed E-state index contributed by atoms with van der Waals surface area (Å²) in [5, 5.41) is 3.44. The zero-order valence-corrected chi connectivity index (χ0v) is 25.1. The van der Waals surface area contributed by atoms with Gasteiger partial charge in [0.25, 0.3) is 5.91 Å². The van der Waals surface area contributed by atoms with E-state index in [9.17, 15) is 18.0 Å². The minimum absolute atomic E-state index is 0.132. The van der Waals surface area contributed by atoms with Crippen molar-refractivity contribution in [1.82, 2.24) is 14.5 Å². The van der Waals surface area contributed by atoms with Crippen molar-refractivity contribution in [1.29, 1.82) is 0 Å². The lowest BCUT2D eigenvalue weighted by atomic mass is 10.1. The highest BCUT2D eigenvalue weighted by Crippen LogP contribution is 2.21. The summed E-state index contributed by atoms with van der Waals surface area (Å²) < 4.78 is 43.5. The van der Waals surface area contributed by atoms with Gasteiger partial charge in [0, 0.05) is 36.8 Å². The molecule has 1 heterocycles. The molecule has 1 aliphatic rings. The molecule has 3 aromatic rings. The van der Waals surface area contributed by atoms with Crippen LogP contribution in [0.2, 0.25) is 5.02 Å². The molecule has 0 aliphatic carbocycles. The summed E-state index contributed by atoms with van der Waals surface area (Å²) in [4.78, 5) is 28.1. The van der Waals surface area contributed by atoms with Gasteiger partial charge in [-0.3, -0.25) is 9.59 Å². The standard InChI is InChI=1S/C30H34ClN3O7S/c1-22(30(36)32-19-24-5-3-4-6-28(24)39-2)34(20-23-7-9-25(31)10-8-23)29(35)21-41-26-11-13-27(14-12-26)42(37,38)33-15-17-40-18-16-33/h3-14,22H,15-21H2,1-2H3,(H,32,36)/t22-/m1/s1. The molecule has 1 aliphatic heterocycles. The number of ether oxygens (including phenoxy) is 3. The van der Waals surface area contributed by atoms with Crippen LogP contribution < -0.4 is 14.8 Å². The summed E-state index contributed by atoms with van der Waals surface area (Å²) in [6.45, 7) is 2.97. The third-order valence-electron chi connectivity index (χ3n) is 6.87. The first-order valence-corrected chi connectivity index (χ1v) is 15.2. The molecule has 0 unspecified atom stereocenters. The van der Waals surface area contributed by atoms with Gasteiger partial charge in [-0.15, -0.1) is 0 Å². The van der Waals surface area contributed by atoms with Crippen molar-refractivity contribution in [3.05, 3.63) is 88.9 Å². The van der Waals surface area contributed by atoms with Crippen molar-refractivity contribution in [2.45, 2.75) is 31.0 Å². The fourth-order valence-corrected chi connectivity index (χ4v) is 5.95. The molecule has 3 aromatic carbocycles. The second-order valence-electron chi connectivity index (χ2n) is 9.63. The molecule has 1 N–H and O–H groups in total. The summed E-state index contributed by atoms with van der Waals surface area (Å²) in [5.41, 5.74) is 1.59. The number of carbonyl (C=O) groups is 2. The lowest BCUT2D eigenvalue weighted by Crippen LogP contribution is -2.48. The smallest absolute Gasteiger partial charge is 0.261 e. The summed E-state index contributed by atoms with van der Waals surface area (Å²) >= 11 is 6.03. The quantitative estimate of drug-likeness (QED) is 0.332. The third kappa shape index (κ3) is 8.01. The van der Waals surface area contributed by atoms with Gasteiger partial charge in [-0.25, -0.2) is 8.42 Å². The van der Waals surface area contributed by atoms with Crippen molar-refractivity contribution in [3.8, 4) is 11.5 Å². The highest BCUT2D eigenvalue weighted by atomic mass is 35.5. The van der Waals surface area contributed by atoms with Crippen LogP contribution >= 0.6 is 11.6 Å². The number of para-hydroxylation sites is 1. The van der Waals surface area contributed by atoms with Crippen molar-refractivity contribution >= 4 is 33.4 Å². The second-order valence-corrected chi connectivity index (χ2v) is 12.0. The monoisotopic (exact) mass is 615 g/mol. The molecular weight excluding hydrogens is 582 g/mol. The molecule has 0 saturated carbocycles. The molecule has 0 spiro atoms. The van der Waals surface area contributed by atoms with E-state index in [1.54, 1.807) is 38.3 Å². The van der Waals surface area contributed by atoms with E-state index >= 15 is 0 Å². The first-order chi connectivity index (χ1) is 20.2. The largest absolute Gasteiger partial charge is 0.496 e. The molecule has 224 valence electrons. The number of rotatable bonds is 12. The van der Waals surface area contributed by atoms with E-state index in [1.807, 2.05) is 24.3 Å². The van der Waals surface area contributed by atoms with Gasteiger partial charge in [-0.05, 0) is 55.0 Å². The molecule has 42 heavy (non-hydrogen) atoms. The van der Waals surface area contributed by atoms with Crippen molar-refractivity contribution in [2.75, 3.05) is 40.0 Å². The van der Waals surface area contributed by atoms with E-state index < -0.39 is 22.0 Å². The van der Waals surface area contributed by atoms with Crippen LogP contribution in [-0.4, -0.2) is 75.5 Å². The number of hydrogen-bond donors (Lipinski definition) is 1. The number of benzene rings is 3. The number of carbonyl (C=O) groups excluding carboxylic acids is 2. The molecule has 2 amide bonds. The van der Waals surface area contributed by atoms with Crippen molar-refractivity contribution in [3.63, 3.8) is 0 Å². The zero-order chi connectivity index (χ0) is 30.1. The maximum Gasteiger partial charge on any atom is 0.261 e. The topological polar surface area (TPSA) is 114 Å². The summed E-state index contributed by atoms with van der Waals surface area (Å²) in [6, 6.07) is 19.5. The van der Waals surface area contributed by atoms with Crippen LogP contribution in [0.3, 0.4) is 0 Å². The van der Waals surface area contributed by atoms with E-state index in [2.05, 4.69) is 5.32 Å². The summed E-state index contributed by atoms with van der Waals surface area (Å²) in [6.07, 6.45) is 0. The van der Waals surface area contributed by atoms with Gasteiger partial charge >= 0.3 is 0 Å². The number of nitrogens with one attached hydrogen (secondary N) is 1. The molecule has 0 aromatic heterocycles. The number of morpholine rings is 1. The maximum atomic E-state index is 13.4. The molecule has 0 radical (unpaired) electrons. The number of nitrogens with zero attached hydrogens (tertiary/aromatic N) is 2. The van der Waals surface area contributed by atoms with Crippen LogP contribution in [-0.2, 0) is 37.4 Å². The highest BCUT2D eigenvalue weighted by Gasteiger charge is 2.28. The average molecular weight is 616 g/mol. The first kappa shape index (κ1) is 31.3. The van der Waals surface area contributed by atoms with Crippen LogP contribution in [0, 0.1) is 0 Å². The number of amides is 2. The second kappa shape index (κ2) is 14.5. The van der Waals surface area contributed by atoms with Gasteiger partial charge in [0.1, 0.15) is 17.5 Å². The fraction of sp³-hybridized carbons (Fsp3) is 0.333. The Morgan fingerprint density at radius 3 is 2.36 bits per heavy atom. The Labute approximate surface area is 251 Å². The molecule has 12 heteroatoms. The summed E-state index contributed by atoms with van der Waals surface area (Å²) in [5.74, 6) is 0.205. The van der Waals surface area contributed by atoms with Gasteiger partial charge in [0.15, 0.2) is 6.61 Å². The molecular formula is C30H34ClN3O7S. The van der Waals surface area contributed by atoms with E-state index in [0.717, 1.165) is 11.1 Å². The lowest BCUT2D eigenvalue weighted by Gasteiger charge is -2.29. The van der Waals surface area contributed by atoms with E-state index in [4.69, 9.17) is 25.8 Å². The lowest BCUT2D eigenvalue weighted by molar-refractivity contribution is -0.142. The van der Waals surface area contributed by atoms with Crippen molar-refractivity contribution < 1.29 is 32.2 Å². The Hall–Kier alpha value is -3.64. The molecule has 1 saturated heterocycles. The Balaban J connectivity index is 1.43. The van der Waals surface area contributed by atoms with Crippen LogP contribution in [0.5, 0.6) is 11.5 Å². The predicted molar refractivity (Wildman–Crippen MR) is 158 cm³/mol. The average Bonchev–Trinajstić information content (AvgIpc) is 3.02. The zero-order valence-electron chi connectivity index (χ0n) is 23.5. The van der Waals surface area contributed by atoms with Crippen LogP contribution in [0.25, 0.3) is 0 Å². The Kier molecular flexibility index (Phi) is 10.8. The van der Waals surface area contributed by atoms with Gasteiger partial charge in [-0.1, -0.05) is 41.9 Å². The van der Waals surface area contributed by atoms with Gasteiger partial charge in [0.2, 0.25) is 15.9 Å². The van der Waals surface area contributed by atoms with Crippen molar-refractivity contribution in [2.24, 2.45) is 0 Å². The van der Waals surface area contributed by atoms with E-state index in [-0.39, 0.29) is 30.5 Å². The summed E-state index contributed by atoms with van der Waals surface area (Å²) in [7, 11) is -2.09. The number of sulfonamides is 1. The van der Waals surface area contributed by atoms with E-state index in [1.165, 1.54) is 33.5 Å². The SMILES string of the molecule is COc1ccccc1CNC(=O)[C@@H](C)N(Cc1ccc(Cl)cc1)C(=O)COc1ccc(S(=O)(=O)N2CCOCC2)cc1. The Morgan fingerprint density at radius 1 is 1.02 bits per heavy atom. The molecule has 1 fully saturated rings. The predicted octanol–water partition coefficient (Wildman–Crippen LogP) is 3.48. The van der Waals surface area contributed by atoms with Gasteiger partial charge in [0.05, 0.1) is 25.2 Å². The number of halogens is 1. The highest BCUT2D eigenvalue weighted by molar-refractivity contribution is 7.89. The van der Waals surface area contributed by atoms with Gasteiger partial charge < -0.3 is 24.4 Å². The van der Waals surface area contributed by atoms with Crippen LogP contribution in [0.1, 0.15) is 18.1 Å². The fourth-order valence-electron chi connectivity index (χ4n) is 4.42. The Bertz CT molecular complexity index is 1460. The maximum absolute atomic E-state index is 13.4. The number of methoxy groups -OCH3 is 1. The third-order valence-corrected chi connectivity index (χ3v) is 9.04. The minimum atomic E-state index is -3.65. The normalized spacial score (nSPS) is 14.5. The molecule has 10 nitrogen and oxygen atoms in total. The Morgan fingerprint density at radius 2 is 1.69 bits per heavy atom. The van der Waals surface area contributed by atoms with Crippen LogP contribution in [0.15, 0.2) is 77.7 Å². The van der Waals surface area contributed by atoms with Gasteiger partial charge in [-0.2, -0.15) is 4.31 Å². The first-order valence-electron chi connectivity index (χ1n) is 13.4. The molecule has 4 rings (SSSR count). The number of hydrogen-bond acceptors (Lipinski definition) is 7. The van der Waals surface area contributed by atoms with Crippen LogP contribution in [0.4, 0.5) is 0 Å². The molecule has 1 atom stereocenters.